The lowest BCUT2D eigenvalue weighted by Crippen LogP contribution is -2.29. The van der Waals surface area contributed by atoms with E-state index in [4.69, 9.17) is 15.2 Å². The molecule has 0 aromatic heterocycles. The predicted molar refractivity (Wildman–Crippen MR) is 69.6 cm³/mol. The van der Waals surface area contributed by atoms with E-state index in [9.17, 15) is 0 Å². The molecule has 0 unspecified atom stereocenters. The summed E-state index contributed by atoms with van der Waals surface area (Å²) in [5.41, 5.74) is 6.71. The fourth-order valence-electron chi connectivity index (χ4n) is 1.85. The van der Waals surface area contributed by atoms with E-state index in [0.29, 0.717) is 6.54 Å². The first kappa shape index (κ1) is 13.8. The Bertz CT molecular complexity index is 342. The molecule has 0 aliphatic rings. The second-order valence-electron chi connectivity index (χ2n) is 3.81. The number of hydrogen-bond donors (Lipinski definition) is 1. The minimum Gasteiger partial charge on any atom is -0.493 e. The van der Waals surface area contributed by atoms with E-state index in [0.717, 1.165) is 36.7 Å². The van der Waals surface area contributed by atoms with E-state index < -0.39 is 0 Å². The Morgan fingerprint density at radius 1 is 1.24 bits per heavy atom. The first-order valence-corrected chi connectivity index (χ1v) is 5.89. The zero-order valence-electron chi connectivity index (χ0n) is 10.9. The number of para-hydroxylation sites is 1. The van der Waals surface area contributed by atoms with Gasteiger partial charge in [0, 0.05) is 25.2 Å². The molecule has 0 saturated carbocycles. The van der Waals surface area contributed by atoms with Crippen LogP contribution in [0.25, 0.3) is 0 Å². The lowest BCUT2D eigenvalue weighted by atomic mass is 10.1. The highest BCUT2D eigenvalue weighted by molar-refractivity contribution is 5.46. The number of methoxy groups -OCH3 is 2. The summed E-state index contributed by atoms with van der Waals surface area (Å²) in [4.78, 5) is 2.28. The number of nitrogens with zero attached hydrogens (tertiary/aromatic N) is 1. The van der Waals surface area contributed by atoms with E-state index in [-0.39, 0.29) is 0 Å². The molecule has 0 amide bonds. The van der Waals surface area contributed by atoms with Crippen LogP contribution in [-0.2, 0) is 6.54 Å². The average molecular weight is 238 g/mol. The van der Waals surface area contributed by atoms with Gasteiger partial charge in [0.1, 0.15) is 0 Å². The third-order valence-corrected chi connectivity index (χ3v) is 2.77. The second kappa shape index (κ2) is 7.14. The van der Waals surface area contributed by atoms with Crippen LogP contribution in [0.5, 0.6) is 11.5 Å². The van der Waals surface area contributed by atoms with Crippen molar-refractivity contribution in [1.29, 1.82) is 0 Å². The molecule has 4 heteroatoms. The molecular formula is C13H22N2O2. The monoisotopic (exact) mass is 238 g/mol. The van der Waals surface area contributed by atoms with Crippen molar-refractivity contribution in [2.45, 2.75) is 13.5 Å². The van der Waals surface area contributed by atoms with Gasteiger partial charge in [-0.1, -0.05) is 19.1 Å². The summed E-state index contributed by atoms with van der Waals surface area (Å²) in [5.74, 6) is 1.58. The molecule has 1 aromatic rings. The largest absolute Gasteiger partial charge is 0.493 e. The third kappa shape index (κ3) is 3.61. The number of rotatable bonds is 7. The Kier molecular flexibility index (Phi) is 5.80. The Morgan fingerprint density at radius 2 is 2.00 bits per heavy atom. The summed E-state index contributed by atoms with van der Waals surface area (Å²) in [6.07, 6.45) is 0. The van der Waals surface area contributed by atoms with E-state index in [1.165, 1.54) is 0 Å². The van der Waals surface area contributed by atoms with Crippen LogP contribution < -0.4 is 15.2 Å². The first-order chi connectivity index (χ1) is 8.26. The molecule has 1 rings (SSSR count). The molecule has 0 spiro atoms. The zero-order valence-corrected chi connectivity index (χ0v) is 10.9. The standard InChI is InChI=1S/C13H22N2O2/c1-4-15(9-8-14)10-11-6-5-7-12(16-2)13(11)17-3/h5-7H,4,8-10,14H2,1-3H3. The van der Waals surface area contributed by atoms with Crippen LogP contribution in [0.3, 0.4) is 0 Å². The number of ether oxygens (including phenoxy) is 2. The summed E-state index contributed by atoms with van der Waals surface area (Å²) >= 11 is 0. The van der Waals surface area contributed by atoms with Crippen molar-refractivity contribution in [3.8, 4) is 11.5 Å². The van der Waals surface area contributed by atoms with Gasteiger partial charge in [-0.2, -0.15) is 0 Å². The summed E-state index contributed by atoms with van der Waals surface area (Å²) < 4.78 is 10.7. The zero-order chi connectivity index (χ0) is 12.7. The Hall–Kier alpha value is -1.26. The van der Waals surface area contributed by atoms with Gasteiger partial charge in [0.15, 0.2) is 11.5 Å². The number of benzene rings is 1. The maximum atomic E-state index is 5.59. The molecule has 0 atom stereocenters. The van der Waals surface area contributed by atoms with Crippen LogP contribution >= 0.6 is 0 Å². The molecule has 0 bridgehead atoms. The number of nitrogens with two attached hydrogens (primary N) is 1. The molecule has 0 saturated heterocycles. The van der Waals surface area contributed by atoms with E-state index in [1.807, 2.05) is 12.1 Å². The van der Waals surface area contributed by atoms with Crippen LogP contribution in [-0.4, -0.2) is 38.8 Å². The molecule has 96 valence electrons. The van der Waals surface area contributed by atoms with Crippen molar-refractivity contribution in [2.24, 2.45) is 5.73 Å². The first-order valence-electron chi connectivity index (χ1n) is 5.89. The van der Waals surface area contributed by atoms with Gasteiger partial charge in [-0.3, -0.25) is 4.90 Å². The maximum absolute atomic E-state index is 5.59. The minimum atomic E-state index is 0.667. The van der Waals surface area contributed by atoms with Crippen molar-refractivity contribution in [2.75, 3.05) is 33.9 Å². The molecular weight excluding hydrogens is 216 g/mol. The highest BCUT2D eigenvalue weighted by Crippen LogP contribution is 2.31. The quantitative estimate of drug-likeness (QED) is 0.781. The molecule has 0 radical (unpaired) electrons. The highest BCUT2D eigenvalue weighted by Gasteiger charge is 2.11. The fraction of sp³-hybridized carbons (Fsp3) is 0.538. The van der Waals surface area contributed by atoms with Crippen LogP contribution in [0.15, 0.2) is 18.2 Å². The Labute approximate surface area is 103 Å². The van der Waals surface area contributed by atoms with Crippen LogP contribution in [0.2, 0.25) is 0 Å². The van der Waals surface area contributed by atoms with Crippen LogP contribution in [0.4, 0.5) is 0 Å². The van der Waals surface area contributed by atoms with Gasteiger partial charge < -0.3 is 15.2 Å². The van der Waals surface area contributed by atoms with Gasteiger partial charge in [0.05, 0.1) is 14.2 Å². The smallest absolute Gasteiger partial charge is 0.165 e. The maximum Gasteiger partial charge on any atom is 0.165 e. The van der Waals surface area contributed by atoms with Gasteiger partial charge in [-0.25, -0.2) is 0 Å². The topological polar surface area (TPSA) is 47.7 Å². The molecule has 4 nitrogen and oxygen atoms in total. The van der Waals surface area contributed by atoms with Gasteiger partial charge >= 0.3 is 0 Å². The summed E-state index contributed by atoms with van der Waals surface area (Å²) in [5, 5.41) is 0. The van der Waals surface area contributed by atoms with Crippen molar-refractivity contribution in [3.63, 3.8) is 0 Å². The summed E-state index contributed by atoms with van der Waals surface area (Å²) in [7, 11) is 3.32. The molecule has 0 aliphatic heterocycles. The fourth-order valence-corrected chi connectivity index (χ4v) is 1.85. The highest BCUT2D eigenvalue weighted by atomic mass is 16.5. The van der Waals surface area contributed by atoms with E-state index in [1.54, 1.807) is 14.2 Å². The molecule has 2 N–H and O–H groups in total. The molecule has 1 aromatic carbocycles. The van der Waals surface area contributed by atoms with Gasteiger partial charge in [0.25, 0.3) is 0 Å². The van der Waals surface area contributed by atoms with Crippen molar-refractivity contribution >= 4 is 0 Å². The SMILES string of the molecule is CCN(CCN)Cc1cccc(OC)c1OC. The lowest BCUT2D eigenvalue weighted by molar-refractivity contribution is 0.279. The minimum absolute atomic E-state index is 0.667. The molecule has 0 aliphatic carbocycles. The van der Waals surface area contributed by atoms with Gasteiger partial charge in [-0.15, -0.1) is 0 Å². The average Bonchev–Trinajstić information content (AvgIpc) is 2.37. The Balaban J connectivity index is 2.88. The molecule has 0 heterocycles. The Morgan fingerprint density at radius 3 is 2.53 bits per heavy atom. The van der Waals surface area contributed by atoms with Crippen LogP contribution in [0.1, 0.15) is 12.5 Å². The third-order valence-electron chi connectivity index (χ3n) is 2.77. The summed E-state index contributed by atoms with van der Waals surface area (Å²) in [6, 6.07) is 5.94. The lowest BCUT2D eigenvalue weighted by Gasteiger charge is -2.21. The normalized spacial score (nSPS) is 10.6. The van der Waals surface area contributed by atoms with Gasteiger partial charge in [-0.05, 0) is 12.6 Å². The number of hydrogen-bond acceptors (Lipinski definition) is 4. The van der Waals surface area contributed by atoms with Gasteiger partial charge in [0.2, 0.25) is 0 Å². The second-order valence-corrected chi connectivity index (χ2v) is 3.81. The van der Waals surface area contributed by atoms with Crippen molar-refractivity contribution < 1.29 is 9.47 Å². The predicted octanol–water partition coefficient (Wildman–Crippen LogP) is 1.48. The summed E-state index contributed by atoms with van der Waals surface area (Å²) in [6.45, 7) is 5.48. The van der Waals surface area contributed by atoms with E-state index in [2.05, 4.69) is 17.9 Å². The van der Waals surface area contributed by atoms with Crippen molar-refractivity contribution in [1.82, 2.24) is 4.90 Å². The molecule has 0 fully saturated rings. The van der Waals surface area contributed by atoms with Crippen LogP contribution in [0, 0.1) is 0 Å². The van der Waals surface area contributed by atoms with E-state index >= 15 is 0 Å². The molecule has 17 heavy (non-hydrogen) atoms. The van der Waals surface area contributed by atoms with Crippen molar-refractivity contribution in [3.05, 3.63) is 23.8 Å². The number of likely N-dealkylation sites (N-methyl/N-ethyl adjacent to an activating group) is 1.